The number of para-hydroxylation sites is 2. The number of imidazole rings is 1. The van der Waals surface area contributed by atoms with E-state index in [-0.39, 0.29) is 108 Å². The summed E-state index contributed by atoms with van der Waals surface area (Å²) < 4.78 is 133. The van der Waals surface area contributed by atoms with E-state index in [1.54, 1.807) is 24.3 Å². The number of carboxylic acid groups (broad SMARTS) is 3. The van der Waals surface area contributed by atoms with Crippen LogP contribution in [-0.4, -0.2) is 191 Å². The monoisotopic (exact) mass is 1580 g/mol. The van der Waals surface area contributed by atoms with Crippen molar-refractivity contribution in [3.05, 3.63) is 155 Å². The summed E-state index contributed by atoms with van der Waals surface area (Å²) in [5.74, 6) is -5.91. The summed E-state index contributed by atoms with van der Waals surface area (Å²) in [6.07, 6.45) is 14.2. The predicted molar refractivity (Wildman–Crippen MR) is 386 cm³/mol. The lowest BCUT2D eigenvalue weighted by Crippen LogP contribution is -2.46. The van der Waals surface area contributed by atoms with Crippen molar-refractivity contribution in [3.63, 3.8) is 0 Å². The van der Waals surface area contributed by atoms with E-state index in [1.807, 2.05) is 36.4 Å². The third-order valence-corrected chi connectivity index (χ3v) is 19.1. The zero-order valence-corrected chi connectivity index (χ0v) is 63.1. The van der Waals surface area contributed by atoms with Gasteiger partial charge in [-0.1, -0.05) is 68.5 Å². The number of ether oxygens (including phenoxy) is 2. The number of ketones is 2. The van der Waals surface area contributed by atoms with Crippen molar-refractivity contribution in [1.82, 2.24) is 25.9 Å². The van der Waals surface area contributed by atoms with Gasteiger partial charge in [-0.15, -0.1) is 25.3 Å². The Labute approximate surface area is 627 Å². The molecule has 0 unspecified atom stereocenters. The van der Waals surface area contributed by atoms with Crippen LogP contribution in [0, 0.1) is 5.92 Å². The molecule has 37 heteroatoms. The first-order chi connectivity index (χ1) is 50.9. The summed E-state index contributed by atoms with van der Waals surface area (Å²) in [6, 6.07) is 19.8. The van der Waals surface area contributed by atoms with Gasteiger partial charge < -0.3 is 55.2 Å². The molecule has 2 aliphatic heterocycles. The third-order valence-electron chi connectivity index (χ3n) is 17.5. The average molecular weight is 1580 g/mol. The van der Waals surface area contributed by atoms with Gasteiger partial charge in [0.15, 0.2) is 11.5 Å². The number of aromatic amines is 1. The molecule has 588 valence electrons. The minimum absolute atomic E-state index is 0.00760. The molecule has 3 atom stereocenters. The first-order valence-corrected chi connectivity index (χ1v) is 39.3. The molecule has 3 heterocycles. The molecule has 0 saturated carbocycles. The maximum atomic E-state index is 14.1. The van der Waals surface area contributed by atoms with Gasteiger partial charge in [0.05, 0.1) is 46.2 Å². The number of amides is 3. The van der Waals surface area contributed by atoms with Crippen LogP contribution in [-0.2, 0) is 108 Å². The van der Waals surface area contributed by atoms with Crippen LogP contribution < -0.4 is 25.6 Å². The number of carboxylic acids is 3. The van der Waals surface area contributed by atoms with Crippen molar-refractivity contribution < 1.29 is 124 Å². The number of unbranched alkanes of at least 4 members (excludes halogenated alkanes) is 2. The highest BCUT2D eigenvalue weighted by atomic mass is 32.2. The lowest BCUT2D eigenvalue weighted by Gasteiger charge is -2.28. The molecule has 3 aromatic carbocycles. The zero-order valence-electron chi connectivity index (χ0n) is 59.8. The standard InChI is InChI=1S/C70H89N7O18S2.CO2.2O3S/c1-69(2)54-19-5-7-21-58(54)76(36-9-11-40-96(88,89)90)61(69)32-26-48-16-13-17-49(27-33-62-70(3,4)55-20-6-8-22-59(55)77(62)37-10-12-41-97(91,92)93)65(48)95-53-29-24-47(25-30-53)42-50(66(83)84)43-60(79)57(44-51-45-71-46-73-51)74-63(80)34-39-94-38-15-18-52(78)28-31-56(67(85)86)75-68(87)72-35-14-23-64(81)82;2-1-3;2*1-4(2)3/h5-8,19-22,24-27,29-30,32-33,45-46,50,56-57H,9-18,23,28,31,34-44H2,1-4H3,(H8-,71,72,73,74,75,80,81,82,83,84,85,86,87,88,89,90,91,92,93);;;/t50-,56+,57+;;;/m1.../s1. The minimum Gasteiger partial charge on any atom is -0.748 e. The molecule has 33 nitrogen and oxygen atoms in total. The van der Waals surface area contributed by atoms with E-state index in [0.717, 1.165) is 51.5 Å². The second kappa shape index (κ2) is 44.3. The molecular weight excluding hydrogens is 1500 g/mol. The van der Waals surface area contributed by atoms with Gasteiger partial charge in [0, 0.05) is 117 Å². The summed E-state index contributed by atoms with van der Waals surface area (Å²) in [4.78, 5) is 113. The minimum atomic E-state index is -4.39. The van der Waals surface area contributed by atoms with E-state index in [0.29, 0.717) is 61.5 Å². The number of allylic oxidation sites excluding steroid dienone is 7. The Hall–Kier alpha value is -10.0. The summed E-state index contributed by atoms with van der Waals surface area (Å²) in [5.41, 5.74) is 8.08. The van der Waals surface area contributed by atoms with Gasteiger partial charge in [-0.25, -0.2) is 23.0 Å². The number of H-pyrrole nitrogens is 1. The molecule has 3 amide bonds. The molecule has 0 fully saturated rings. The highest BCUT2D eigenvalue weighted by Crippen LogP contribution is 2.48. The Morgan fingerprint density at radius 2 is 1.38 bits per heavy atom. The number of aliphatic carboxylic acids is 3. The number of hydrogen-bond acceptors (Lipinski definition) is 24. The summed E-state index contributed by atoms with van der Waals surface area (Å²) in [7, 11) is -14.8. The van der Waals surface area contributed by atoms with Crippen LogP contribution in [0.25, 0.3) is 0 Å². The van der Waals surface area contributed by atoms with Gasteiger partial charge in [-0.05, 0) is 131 Å². The normalized spacial score (nSPS) is 15.6. The number of fused-ring (bicyclic) bond motifs is 2. The van der Waals surface area contributed by atoms with Gasteiger partial charge in [0.2, 0.25) is 11.6 Å². The highest BCUT2D eigenvalue weighted by Gasteiger charge is 2.44. The topological polar surface area (TPSA) is 518 Å². The van der Waals surface area contributed by atoms with E-state index in [1.165, 1.54) is 12.5 Å². The molecule has 1 aliphatic carbocycles. The van der Waals surface area contributed by atoms with Crippen molar-refractivity contribution in [3.8, 4) is 5.75 Å². The molecule has 0 saturated heterocycles. The number of rotatable bonds is 40. The van der Waals surface area contributed by atoms with E-state index < -0.39 is 118 Å². The summed E-state index contributed by atoms with van der Waals surface area (Å²) in [6.45, 7) is 9.54. The van der Waals surface area contributed by atoms with Crippen LogP contribution in [0.4, 0.5) is 16.2 Å². The maximum Gasteiger partial charge on any atom is 0.425 e. The number of benzene rings is 3. The molecule has 8 N–H and O–H groups in total. The van der Waals surface area contributed by atoms with Crippen molar-refractivity contribution in [2.24, 2.45) is 5.92 Å². The quantitative estimate of drug-likeness (QED) is 0.0145. The second-order valence-corrected chi connectivity index (χ2v) is 30.0. The van der Waals surface area contributed by atoms with Crippen LogP contribution in [0.2, 0.25) is 0 Å². The van der Waals surface area contributed by atoms with Gasteiger partial charge in [0.25, 0.3) is 10.1 Å². The first-order valence-electron chi connectivity index (χ1n) is 34.1. The fraction of sp³-hybridized carbons (Fsp3) is 0.465. The zero-order chi connectivity index (χ0) is 80.4. The number of anilines is 1. The van der Waals surface area contributed by atoms with Crippen LogP contribution in [0.3, 0.4) is 0 Å². The Morgan fingerprint density at radius 3 is 2.00 bits per heavy atom. The van der Waals surface area contributed by atoms with Gasteiger partial charge in [0.1, 0.15) is 29.9 Å². The van der Waals surface area contributed by atoms with E-state index in [9.17, 15) is 69.7 Å². The second-order valence-electron chi connectivity index (χ2n) is 26.1. The molecule has 0 bridgehead atoms. The summed E-state index contributed by atoms with van der Waals surface area (Å²) >= 11 is 0. The maximum absolute atomic E-state index is 14.1. The predicted octanol–water partition coefficient (Wildman–Crippen LogP) is 5.95. The van der Waals surface area contributed by atoms with Crippen LogP contribution in [0.15, 0.2) is 132 Å². The molecule has 4 aromatic rings. The van der Waals surface area contributed by atoms with Gasteiger partial charge >= 0.3 is 51.3 Å². The van der Waals surface area contributed by atoms with Gasteiger partial charge in [-0.3, -0.25) is 28.5 Å². The molecular formula is C71H89N7O26S4. The van der Waals surface area contributed by atoms with Gasteiger partial charge in [-0.2, -0.15) is 22.6 Å². The van der Waals surface area contributed by atoms with Crippen molar-refractivity contribution >= 4 is 106 Å². The van der Waals surface area contributed by atoms with Crippen molar-refractivity contribution in [2.45, 2.75) is 160 Å². The highest BCUT2D eigenvalue weighted by molar-refractivity contribution is 7.85. The fourth-order valence-electron chi connectivity index (χ4n) is 12.4. The average Bonchev–Trinajstić information content (AvgIpc) is 1.60. The van der Waals surface area contributed by atoms with Crippen molar-refractivity contribution in [2.75, 3.05) is 49.3 Å². The van der Waals surface area contributed by atoms with Crippen LogP contribution in [0.5, 0.6) is 5.75 Å². The first kappa shape index (κ1) is 90.4. The molecule has 0 radical (unpaired) electrons. The Morgan fingerprint density at radius 1 is 0.731 bits per heavy atom. The number of Topliss-reactive ketones (excluding diaryl/α,β-unsaturated/α-hetero) is 2. The number of nitrogens with zero attached hydrogens (tertiary/aromatic N) is 3. The fourth-order valence-corrected chi connectivity index (χ4v) is 13.5. The number of nitrogens with one attached hydrogen (secondary N) is 4. The summed E-state index contributed by atoms with van der Waals surface area (Å²) in [5, 5.41) is 36.2. The molecule has 0 spiro atoms. The lowest BCUT2D eigenvalue weighted by molar-refractivity contribution is -0.438. The van der Waals surface area contributed by atoms with E-state index >= 15 is 0 Å². The SMILES string of the molecule is CC1(C)C(=CC=C2CCCC(C=CC3=[N+](CCCCS(=O)(=O)O)c4ccccc4C3(C)C)=C2Oc2ccc(C[C@H](CC(=O)[C@H](Cc3cnc[nH]3)NC(=O)CCOCCCC(=O)CC[C@H](NC(=O)NCCCC(=O)O)C(=O)O)C(=O)O)cc2)N(CCCCS(=O)(=O)[O-])c2ccccc21.O=C=O.O=S(=O)=O.O=S(=O)=O. The molecule has 108 heavy (non-hydrogen) atoms. The van der Waals surface area contributed by atoms with E-state index in [2.05, 4.69) is 99.5 Å². The number of carbonyl (C=O) groups excluding carboxylic acids is 6. The third kappa shape index (κ3) is 31.4. The Bertz CT molecular complexity index is 4450. The molecule has 7 rings (SSSR count). The molecule has 3 aliphatic rings. The van der Waals surface area contributed by atoms with E-state index in [4.69, 9.17) is 49.4 Å². The smallest absolute Gasteiger partial charge is 0.425 e. The number of carbonyl (C=O) groups is 7. The van der Waals surface area contributed by atoms with Crippen LogP contribution >= 0.6 is 0 Å². The lowest BCUT2D eigenvalue weighted by atomic mass is 9.81. The Kier molecular flexibility index (Phi) is 37.1. The molecule has 1 aromatic heterocycles. The Balaban J connectivity index is 0.00000210. The van der Waals surface area contributed by atoms with Crippen molar-refractivity contribution in [1.29, 1.82) is 0 Å². The largest absolute Gasteiger partial charge is 0.748 e. The number of aromatic nitrogens is 2. The number of urea groups is 1. The van der Waals surface area contributed by atoms with Crippen LogP contribution in [0.1, 0.15) is 146 Å². The number of hydrogen-bond donors (Lipinski definition) is 8.